The lowest BCUT2D eigenvalue weighted by Gasteiger charge is -2.10. The van der Waals surface area contributed by atoms with Crippen molar-refractivity contribution in [1.29, 1.82) is 10.5 Å². The summed E-state index contributed by atoms with van der Waals surface area (Å²) in [5, 5.41) is 27.1. The molecule has 0 unspecified atom stereocenters. The lowest BCUT2D eigenvalue weighted by atomic mass is 10.1. The van der Waals surface area contributed by atoms with Gasteiger partial charge in [-0.25, -0.2) is 0 Å². The van der Waals surface area contributed by atoms with E-state index in [4.69, 9.17) is 0 Å². The van der Waals surface area contributed by atoms with Crippen molar-refractivity contribution in [3.05, 3.63) is 132 Å². The molecule has 43 heavy (non-hydrogen) atoms. The number of rotatable bonds is 2. The second-order valence-electron chi connectivity index (χ2n) is 10.7. The van der Waals surface area contributed by atoms with Gasteiger partial charge in [-0.15, -0.1) is 11.3 Å². The van der Waals surface area contributed by atoms with Crippen LogP contribution in [0.3, 0.4) is 0 Å². The first kappa shape index (κ1) is 23.8. The zero-order valence-electron chi connectivity index (χ0n) is 22.7. The van der Waals surface area contributed by atoms with Gasteiger partial charge in [-0.3, -0.25) is 0 Å². The second kappa shape index (κ2) is 8.81. The smallest absolute Gasteiger partial charge is 0.103 e. The van der Waals surface area contributed by atoms with Gasteiger partial charge in [-0.1, -0.05) is 72.8 Å². The first-order chi connectivity index (χ1) is 21.3. The summed E-state index contributed by atoms with van der Waals surface area (Å²) in [4.78, 5) is 0. The number of benzene rings is 6. The molecule has 5 heteroatoms. The number of nitriles is 2. The van der Waals surface area contributed by atoms with Crippen LogP contribution in [0, 0.1) is 22.7 Å². The van der Waals surface area contributed by atoms with E-state index in [1.807, 2.05) is 29.5 Å². The van der Waals surface area contributed by atoms with E-state index in [1.54, 1.807) is 6.07 Å². The van der Waals surface area contributed by atoms with Gasteiger partial charge in [0.25, 0.3) is 0 Å². The Balaban J connectivity index is 1.45. The van der Waals surface area contributed by atoms with E-state index < -0.39 is 0 Å². The molecular formula is C38H20N4S. The highest BCUT2D eigenvalue weighted by molar-refractivity contribution is 7.27. The Morgan fingerprint density at radius 1 is 0.465 bits per heavy atom. The predicted molar refractivity (Wildman–Crippen MR) is 177 cm³/mol. The summed E-state index contributed by atoms with van der Waals surface area (Å²) in [6.07, 6.45) is 0. The minimum atomic E-state index is 0.381. The van der Waals surface area contributed by atoms with Crippen molar-refractivity contribution < 1.29 is 0 Å². The van der Waals surface area contributed by atoms with E-state index in [-0.39, 0.29) is 0 Å². The summed E-state index contributed by atoms with van der Waals surface area (Å²) in [6, 6.07) is 46.5. The zero-order valence-corrected chi connectivity index (χ0v) is 23.6. The van der Waals surface area contributed by atoms with Crippen LogP contribution in [0.4, 0.5) is 0 Å². The monoisotopic (exact) mass is 564 g/mol. The molecule has 0 saturated heterocycles. The third-order valence-corrected chi connectivity index (χ3v) is 9.86. The summed E-state index contributed by atoms with van der Waals surface area (Å²) in [6.45, 7) is 0. The number of hydrogen-bond donors (Lipinski definition) is 0. The number of nitrogens with zero attached hydrogens (tertiary/aromatic N) is 4. The van der Waals surface area contributed by atoms with Gasteiger partial charge in [0.2, 0.25) is 0 Å². The molecule has 198 valence electrons. The van der Waals surface area contributed by atoms with Crippen molar-refractivity contribution in [3.8, 4) is 23.5 Å². The fourth-order valence-corrected chi connectivity index (χ4v) is 8.26. The highest BCUT2D eigenvalue weighted by Gasteiger charge is 2.22. The van der Waals surface area contributed by atoms with Crippen LogP contribution in [0.5, 0.6) is 0 Å². The molecule has 0 saturated carbocycles. The number of para-hydroxylation sites is 3. The van der Waals surface area contributed by atoms with Crippen LogP contribution in [0.2, 0.25) is 0 Å². The summed E-state index contributed by atoms with van der Waals surface area (Å²) in [5.74, 6) is 0. The van der Waals surface area contributed by atoms with Crippen LogP contribution >= 0.6 is 11.3 Å². The van der Waals surface area contributed by atoms with Crippen molar-refractivity contribution in [3.63, 3.8) is 0 Å². The Bertz CT molecular complexity index is 2690. The standard InChI is InChI=1S/C38H20N4S/c39-21-23-9-8-16-32(29(23)22-40)42-31-15-7-5-13-28(31)36-34(42)20-18-26-25-17-19-33-35(37(25)43-38(26)36)27-12-4-6-14-30(27)41(33)24-10-2-1-3-11-24/h1-20H. The molecule has 0 bridgehead atoms. The molecule has 0 spiro atoms. The number of aromatic nitrogens is 2. The number of thiophene rings is 1. The Morgan fingerprint density at radius 3 is 1.67 bits per heavy atom. The average molecular weight is 565 g/mol. The highest BCUT2D eigenvalue weighted by atomic mass is 32.1. The Labute approximate surface area is 250 Å². The largest absolute Gasteiger partial charge is 0.309 e. The first-order valence-corrected chi connectivity index (χ1v) is 14.9. The van der Waals surface area contributed by atoms with E-state index in [9.17, 15) is 10.5 Å². The van der Waals surface area contributed by atoms with Crippen LogP contribution < -0.4 is 0 Å². The van der Waals surface area contributed by atoms with E-state index in [2.05, 4.69) is 118 Å². The minimum Gasteiger partial charge on any atom is -0.309 e. The van der Waals surface area contributed by atoms with Gasteiger partial charge in [-0.2, -0.15) is 10.5 Å². The molecule has 0 aliphatic heterocycles. The molecule has 0 aliphatic rings. The molecule has 0 atom stereocenters. The maximum atomic E-state index is 10.1. The second-order valence-corrected chi connectivity index (χ2v) is 11.8. The Hall–Kier alpha value is -5.88. The van der Waals surface area contributed by atoms with Gasteiger partial charge in [0.05, 0.1) is 38.9 Å². The van der Waals surface area contributed by atoms with Gasteiger partial charge in [0.15, 0.2) is 0 Å². The fraction of sp³-hybridized carbons (Fsp3) is 0. The molecule has 0 fully saturated rings. The molecule has 3 heterocycles. The average Bonchev–Trinajstić information content (AvgIpc) is 3.72. The molecule has 0 radical (unpaired) electrons. The van der Waals surface area contributed by atoms with Crippen molar-refractivity contribution in [2.75, 3.05) is 0 Å². The molecule has 9 aromatic rings. The topological polar surface area (TPSA) is 57.4 Å². The molecule has 9 rings (SSSR count). The molecule has 0 amide bonds. The Morgan fingerprint density at radius 2 is 1.05 bits per heavy atom. The van der Waals surface area contributed by atoms with Gasteiger partial charge >= 0.3 is 0 Å². The molecule has 4 nitrogen and oxygen atoms in total. The third kappa shape index (κ3) is 3.12. The molecule has 0 aliphatic carbocycles. The van der Waals surface area contributed by atoms with E-state index in [0.29, 0.717) is 11.1 Å². The fourth-order valence-electron chi connectivity index (χ4n) is 6.85. The number of fused-ring (bicyclic) bond motifs is 11. The minimum absolute atomic E-state index is 0.381. The molecule has 6 aromatic carbocycles. The summed E-state index contributed by atoms with van der Waals surface area (Å²) in [5.41, 5.74) is 7.06. The van der Waals surface area contributed by atoms with Gasteiger partial charge in [0.1, 0.15) is 12.1 Å². The van der Waals surface area contributed by atoms with Crippen molar-refractivity contribution >= 4 is 75.1 Å². The van der Waals surface area contributed by atoms with E-state index in [1.165, 1.54) is 47.4 Å². The van der Waals surface area contributed by atoms with Crippen LogP contribution in [0.15, 0.2) is 121 Å². The molecular weight excluding hydrogens is 545 g/mol. The van der Waals surface area contributed by atoms with E-state index >= 15 is 0 Å². The molecule has 3 aromatic heterocycles. The predicted octanol–water partition coefficient (Wildman–Crippen LogP) is 9.99. The first-order valence-electron chi connectivity index (χ1n) is 14.1. The quantitative estimate of drug-likeness (QED) is 0.210. The van der Waals surface area contributed by atoms with Gasteiger partial charge < -0.3 is 9.13 Å². The van der Waals surface area contributed by atoms with Gasteiger partial charge in [0, 0.05) is 47.4 Å². The SMILES string of the molecule is N#Cc1cccc(-n2c3ccccc3c3c4sc5c(ccc6c5c5ccccc5n6-c5ccccc5)c4ccc32)c1C#N. The maximum Gasteiger partial charge on any atom is 0.103 e. The van der Waals surface area contributed by atoms with Gasteiger partial charge in [-0.05, 0) is 48.5 Å². The van der Waals surface area contributed by atoms with Crippen LogP contribution in [0.1, 0.15) is 11.1 Å². The van der Waals surface area contributed by atoms with Crippen molar-refractivity contribution in [2.24, 2.45) is 0 Å². The van der Waals surface area contributed by atoms with Crippen LogP contribution in [-0.2, 0) is 0 Å². The van der Waals surface area contributed by atoms with Crippen molar-refractivity contribution in [2.45, 2.75) is 0 Å². The lowest BCUT2D eigenvalue weighted by molar-refractivity contribution is 1.16. The Kier molecular flexibility index (Phi) is 4.87. The highest BCUT2D eigenvalue weighted by Crippen LogP contribution is 2.47. The molecule has 0 N–H and O–H groups in total. The third-order valence-electron chi connectivity index (χ3n) is 8.61. The summed E-state index contributed by atoms with van der Waals surface area (Å²) in [7, 11) is 0. The lowest BCUT2D eigenvalue weighted by Crippen LogP contribution is -1.99. The summed E-state index contributed by atoms with van der Waals surface area (Å²) >= 11 is 1.84. The normalized spacial score (nSPS) is 11.7. The van der Waals surface area contributed by atoms with Crippen LogP contribution in [0.25, 0.3) is 75.2 Å². The van der Waals surface area contributed by atoms with Crippen molar-refractivity contribution in [1.82, 2.24) is 9.13 Å². The number of hydrogen-bond acceptors (Lipinski definition) is 3. The summed E-state index contributed by atoms with van der Waals surface area (Å²) < 4.78 is 7.00. The van der Waals surface area contributed by atoms with Crippen LogP contribution in [-0.4, -0.2) is 9.13 Å². The maximum absolute atomic E-state index is 10.1. The zero-order chi connectivity index (χ0) is 28.7. The van der Waals surface area contributed by atoms with E-state index in [0.717, 1.165) is 27.8 Å².